The van der Waals surface area contributed by atoms with Crippen molar-refractivity contribution in [1.82, 2.24) is 4.90 Å². The molecule has 0 amide bonds. The highest BCUT2D eigenvalue weighted by Gasteiger charge is 2.08. The van der Waals surface area contributed by atoms with Crippen molar-refractivity contribution in [1.29, 1.82) is 0 Å². The Bertz CT molecular complexity index is 607. The molecular formula is C18H20BrNO. The first-order valence-corrected chi connectivity index (χ1v) is 7.87. The van der Waals surface area contributed by atoms with Crippen molar-refractivity contribution in [2.75, 3.05) is 13.6 Å². The van der Waals surface area contributed by atoms with E-state index in [2.05, 4.69) is 59.1 Å². The fraction of sp³-hybridized carbons (Fsp3) is 0.278. The minimum absolute atomic E-state index is 0.194. The third-order valence-corrected chi connectivity index (χ3v) is 4.12. The minimum Gasteiger partial charge on any atom is -0.302 e. The number of ketones is 1. The van der Waals surface area contributed by atoms with Crippen LogP contribution in [-0.2, 0) is 6.54 Å². The molecule has 0 N–H and O–H groups in total. The molecule has 110 valence electrons. The topological polar surface area (TPSA) is 20.3 Å². The Morgan fingerprint density at radius 3 is 2.43 bits per heavy atom. The average Bonchev–Trinajstić information content (AvgIpc) is 2.48. The maximum absolute atomic E-state index is 12.1. The molecule has 0 spiro atoms. The summed E-state index contributed by atoms with van der Waals surface area (Å²) in [6.07, 6.45) is 0.546. The van der Waals surface area contributed by atoms with Gasteiger partial charge in [-0.3, -0.25) is 4.79 Å². The lowest BCUT2D eigenvalue weighted by Crippen LogP contribution is -2.21. The van der Waals surface area contributed by atoms with E-state index in [1.165, 1.54) is 11.1 Å². The van der Waals surface area contributed by atoms with Crippen molar-refractivity contribution in [3.8, 4) is 0 Å². The Kier molecular flexibility index (Phi) is 5.71. The normalized spacial score (nSPS) is 10.9. The fourth-order valence-electron chi connectivity index (χ4n) is 2.23. The van der Waals surface area contributed by atoms with Crippen LogP contribution in [-0.4, -0.2) is 24.3 Å². The number of carbonyl (C=O) groups excluding carboxylic acids is 1. The van der Waals surface area contributed by atoms with Crippen molar-refractivity contribution in [3.63, 3.8) is 0 Å². The van der Waals surface area contributed by atoms with Crippen LogP contribution in [0.3, 0.4) is 0 Å². The van der Waals surface area contributed by atoms with Crippen molar-refractivity contribution in [2.45, 2.75) is 19.9 Å². The Hall–Kier alpha value is -1.45. The molecule has 0 fully saturated rings. The lowest BCUT2D eigenvalue weighted by Gasteiger charge is -2.17. The number of nitrogens with zero attached hydrogens (tertiary/aromatic N) is 1. The molecule has 0 unspecified atom stereocenters. The van der Waals surface area contributed by atoms with E-state index in [9.17, 15) is 4.79 Å². The van der Waals surface area contributed by atoms with Gasteiger partial charge in [-0.05, 0) is 37.2 Å². The van der Waals surface area contributed by atoms with E-state index < -0.39 is 0 Å². The number of rotatable bonds is 6. The first kappa shape index (κ1) is 15.9. The zero-order valence-electron chi connectivity index (χ0n) is 12.5. The van der Waals surface area contributed by atoms with Crippen LogP contribution in [0.25, 0.3) is 0 Å². The molecule has 0 radical (unpaired) electrons. The lowest BCUT2D eigenvalue weighted by molar-refractivity contribution is 0.0968. The van der Waals surface area contributed by atoms with E-state index in [-0.39, 0.29) is 5.78 Å². The number of Topliss-reactive ketones (excluding diaryl/α,β-unsaturated/α-hetero) is 1. The highest BCUT2D eigenvalue weighted by atomic mass is 79.9. The standard InChI is InChI=1S/C18H20BrNO/c1-14-5-3-4-6-16(14)13-20(2)12-11-18(21)15-7-9-17(19)10-8-15/h3-10H,11-13H2,1-2H3. The summed E-state index contributed by atoms with van der Waals surface area (Å²) in [5.74, 6) is 0.194. The zero-order chi connectivity index (χ0) is 15.2. The van der Waals surface area contributed by atoms with Crippen LogP contribution < -0.4 is 0 Å². The van der Waals surface area contributed by atoms with Crippen LogP contribution in [0.2, 0.25) is 0 Å². The number of benzene rings is 2. The number of halogens is 1. The van der Waals surface area contributed by atoms with Crippen molar-refractivity contribution >= 4 is 21.7 Å². The predicted molar refractivity (Wildman–Crippen MR) is 90.6 cm³/mol. The van der Waals surface area contributed by atoms with Gasteiger partial charge in [0.15, 0.2) is 5.78 Å². The van der Waals surface area contributed by atoms with Crippen LogP contribution in [0.5, 0.6) is 0 Å². The summed E-state index contributed by atoms with van der Waals surface area (Å²) in [5.41, 5.74) is 3.39. The van der Waals surface area contributed by atoms with E-state index in [1.807, 2.05) is 24.3 Å². The molecule has 0 atom stereocenters. The molecule has 0 aliphatic rings. The second-order valence-electron chi connectivity index (χ2n) is 5.34. The summed E-state index contributed by atoms with van der Waals surface area (Å²) in [6.45, 7) is 3.76. The molecule has 0 aromatic heterocycles. The van der Waals surface area contributed by atoms with Gasteiger partial charge in [0.2, 0.25) is 0 Å². The Labute approximate surface area is 134 Å². The SMILES string of the molecule is Cc1ccccc1CN(C)CCC(=O)c1ccc(Br)cc1. The van der Waals surface area contributed by atoms with Gasteiger partial charge in [-0.2, -0.15) is 0 Å². The first-order chi connectivity index (χ1) is 10.1. The molecule has 2 aromatic rings. The van der Waals surface area contributed by atoms with Crippen LogP contribution in [0.4, 0.5) is 0 Å². The van der Waals surface area contributed by atoms with Crippen LogP contribution in [0, 0.1) is 6.92 Å². The average molecular weight is 346 g/mol. The van der Waals surface area contributed by atoms with Gasteiger partial charge >= 0.3 is 0 Å². The molecular weight excluding hydrogens is 326 g/mol. The molecule has 0 aliphatic heterocycles. The van der Waals surface area contributed by atoms with E-state index >= 15 is 0 Å². The van der Waals surface area contributed by atoms with Gasteiger partial charge in [0, 0.05) is 29.5 Å². The quantitative estimate of drug-likeness (QED) is 0.720. The molecule has 0 aliphatic carbocycles. The highest BCUT2D eigenvalue weighted by Crippen LogP contribution is 2.13. The van der Waals surface area contributed by atoms with Crippen molar-refractivity contribution in [3.05, 3.63) is 69.7 Å². The van der Waals surface area contributed by atoms with Gasteiger partial charge in [-0.15, -0.1) is 0 Å². The van der Waals surface area contributed by atoms with E-state index in [0.717, 1.165) is 23.1 Å². The van der Waals surface area contributed by atoms with Crippen molar-refractivity contribution < 1.29 is 4.79 Å². The summed E-state index contributed by atoms with van der Waals surface area (Å²) in [7, 11) is 2.06. The smallest absolute Gasteiger partial charge is 0.164 e. The summed E-state index contributed by atoms with van der Waals surface area (Å²) in [4.78, 5) is 14.3. The van der Waals surface area contributed by atoms with Crippen molar-refractivity contribution in [2.24, 2.45) is 0 Å². The third kappa shape index (κ3) is 4.80. The molecule has 0 bridgehead atoms. The minimum atomic E-state index is 0.194. The Morgan fingerprint density at radius 2 is 1.76 bits per heavy atom. The Balaban J connectivity index is 1.86. The maximum atomic E-state index is 12.1. The highest BCUT2D eigenvalue weighted by molar-refractivity contribution is 9.10. The molecule has 21 heavy (non-hydrogen) atoms. The van der Waals surface area contributed by atoms with Gasteiger partial charge in [0.25, 0.3) is 0 Å². The summed E-state index contributed by atoms with van der Waals surface area (Å²) in [5, 5.41) is 0. The van der Waals surface area contributed by atoms with Gasteiger partial charge in [-0.1, -0.05) is 52.3 Å². The number of hydrogen-bond donors (Lipinski definition) is 0. The molecule has 2 rings (SSSR count). The third-order valence-electron chi connectivity index (χ3n) is 3.59. The molecule has 0 saturated carbocycles. The monoisotopic (exact) mass is 345 g/mol. The van der Waals surface area contributed by atoms with E-state index in [4.69, 9.17) is 0 Å². The maximum Gasteiger partial charge on any atom is 0.164 e. The number of carbonyl (C=O) groups is 1. The summed E-state index contributed by atoms with van der Waals surface area (Å²) >= 11 is 3.38. The lowest BCUT2D eigenvalue weighted by atomic mass is 10.1. The fourth-order valence-corrected chi connectivity index (χ4v) is 2.49. The second kappa shape index (κ2) is 7.53. The summed E-state index contributed by atoms with van der Waals surface area (Å²) in [6, 6.07) is 15.9. The molecule has 2 aromatic carbocycles. The second-order valence-corrected chi connectivity index (χ2v) is 6.26. The largest absolute Gasteiger partial charge is 0.302 e. The van der Waals surface area contributed by atoms with Crippen LogP contribution >= 0.6 is 15.9 Å². The number of aryl methyl sites for hydroxylation is 1. The Morgan fingerprint density at radius 1 is 1.10 bits per heavy atom. The van der Waals surface area contributed by atoms with Crippen LogP contribution in [0.1, 0.15) is 27.9 Å². The molecule has 2 nitrogen and oxygen atoms in total. The predicted octanol–water partition coefficient (Wildman–Crippen LogP) is 4.46. The van der Waals surface area contributed by atoms with Gasteiger partial charge < -0.3 is 4.90 Å². The van der Waals surface area contributed by atoms with Gasteiger partial charge in [0.1, 0.15) is 0 Å². The molecule has 0 saturated heterocycles. The van der Waals surface area contributed by atoms with E-state index in [0.29, 0.717) is 6.42 Å². The zero-order valence-corrected chi connectivity index (χ0v) is 14.1. The van der Waals surface area contributed by atoms with Crippen LogP contribution in [0.15, 0.2) is 53.0 Å². The van der Waals surface area contributed by atoms with E-state index in [1.54, 1.807) is 0 Å². The van der Waals surface area contributed by atoms with Gasteiger partial charge in [0.05, 0.1) is 0 Å². The molecule has 0 heterocycles. The first-order valence-electron chi connectivity index (χ1n) is 7.08. The summed E-state index contributed by atoms with van der Waals surface area (Å²) < 4.78 is 0.996. The van der Waals surface area contributed by atoms with Gasteiger partial charge in [-0.25, -0.2) is 0 Å². The molecule has 3 heteroatoms. The number of hydrogen-bond acceptors (Lipinski definition) is 2.